The molecular weight excluding hydrogens is 434 g/mol. The maximum atomic E-state index is 13.1. The first-order valence-electron chi connectivity index (χ1n) is 8.88. The standard InChI is InChI=1S/C17H20BrN5O3S/c18-14-6-5-12(27(19,25)26)9-13(14)17(24)22-7-1-3-11(10-22)16-21-20-15-4-2-8-23(15)16/h5-6,9,11H,1-4,7-8,10H2,(H2,19,25,26)/t11-/m1/s1. The highest BCUT2D eigenvalue weighted by Gasteiger charge is 2.31. The first kappa shape index (κ1) is 18.6. The summed E-state index contributed by atoms with van der Waals surface area (Å²) in [5, 5.41) is 13.8. The predicted octanol–water partition coefficient (Wildman–Crippen LogP) is 1.65. The molecule has 0 radical (unpaired) electrons. The molecule has 1 atom stereocenters. The Morgan fingerprint density at radius 1 is 1.22 bits per heavy atom. The van der Waals surface area contributed by atoms with Crippen LogP contribution in [0.1, 0.15) is 47.2 Å². The van der Waals surface area contributed by atoms with Crippen LogP contribution in [-0.2, 0) is 23.0 Å². The monoisotopic (exact) mass is 453 g/mol. The molecule has 0 aliphatic carbocycles. The number of carbonyl (C=O) groups is 1. The summed E-state index contributed by atoms with van der Waals surface area (Å²) in [6, 6.07) is 4.26. The molecule has 8 nitrogen and oxygen atoms in total. The van der Waals surface area contributed by atoms with Crippen molar-refractivity contribution >= 4 is 31.9 Å². The molecule has 1 amide bonds. The summed E-state index contributed by atoms with van der Waals surface area (Å²) in [6.45, 7) is 2.11. The van der Waals surface area contributed by atoms with Crippen molar-refractivity contribution in [2.45, 2.75) is 43.0 Å². The fraction of sp³-hybridized carbons (Fsp3) is 0.471. The van der Waals surface area contributed by atoms with Crippen LogP contribution < -0.4 is 5.14 Å². The Labute approximate surface area is 165 Å². The zero-order valence-electron chi connectivity index (χ0n) is 14.6. The van der Waals surface area contributed by atoms with E-state index in [1.54, 1.807) is 11.0 Å². The minimum absolute atomic E-state index is 0.0714. The van der Waals surface area contributed by atoms with Crippen molar-refractivity contribution in [2.75, 3.05) is 13.1 Å². The minimum Gasteiger partial charge on any atom is -0.338 e. The summed E-state index contributed by atoms with van der Waals surface area (Å²) in [5.41, 5.74) is 0.300. The molecule has 2 aliphatic rings. The number of likely N-dealkylation sites (tertiary alicyclic amines) is 1. The lowest BCUT2D eigenvalue weighted by Gasteiger charge is -2.32. The van der Waals surface area contributed by atoms with Gasteiger partial charge in [-0.1, -0.05) is 0 Å². The summed E-state index contributed by atoms with van der Waals surface area (Å²) in [4.78, 5) is 14.8. The molecule has 1 aromatic heterocycles. The van der Waals surface area contributed by atoms with Crippen LogP contribution in [0.5, 0.6) is 0 Å². The first-order chi connectivity index (χ1) is 12.8. The van der Waals surface area contributed by atoms with E-state index < -0.39 is 10.0 Å². The summed E-state index contributed by atoms with van der Waals surface area (Å²) < 4.78 is 26.0. The summed E-state index contributed by atoms with van der Waals surface area (Å²) in [6.07, 6.45) is 3.86. The van der Waals surface area contributed by atoms with Crippen LogP contribution >= 0.6 is 15.9 Å². The van der Waals surface area contributed by atoms with Crippen LogP contribution in [0, 0.1) is 0 Å². The number of aromatic nitrogens is 3. The molecule has 0 spiro atoms. The lowest BCUT2D eigenvalue weighted by atomic mass is 9.96. The van der Waals surface area contributed by atoms with Gasteiger partial charge in [0, 0.05) is 36.4 Å². The zero-order chi connectivity index (χ0) is 19.2. The fourth-order valence-electron chi connectivity index (χ4n) is 3.86. The second-order valence-electron chi connectivity index (χ2n) is 7.01. The van der Waals surface area contributed by atoms with Gasteiger partial charge in [0.1, 0.15) is 11.6 Å². The molecule has 1 fully saturated rings. The van der Waals surface area contributed by atoms with E-state index in [1.807, 2.05) is 0 Å². The van der Waals surface area contributed by atoms with Gasteiger partial charge in [-0.3, -0.25) is 4.79 Å². The number of nitrogens with two attached hydrogens (primary N) is 1. The number of primary sulfonamides is 1. The Balaban J connectivity index is 1.59. The number of rotatable bonds is 3. The molecule has 1 saturated heterocycles. The molecule has 3 heterocycles. The van der Waals surface area contributed by atoms with Crippen molar-refractivity contribution in [1.82, 2.24) is 19.7 Å². The average Bonchev–Trinajstić information content (AvgIpc) is 3.24. The third-order valence-corrected chi connectivity index (χ3v) is 6.81. The predicted molar refractivity (Wildman–Crippen MR) is 102 cm³/mol. The van der Waals surface area contributed by atoms with Crippen molar-refractivity contribution in [2.24, 2.45) is 5.14 Å². The van der Waals surface area contributed by atoms with E-state index in [-0.39, 0.29) is 16.7 Å². The van der Waals surface area contributed by atoms with Crippen LogP contribution in [0.15, 0.2) is 27.6 Å². The van der Waals surface area contributed by atoms with E-state index >= 15 is 0 Å². The number of fused-ring (bicyclic) bond motifs is 1. The van der Waals surface area contributed by atoms with Crippen LogP contribution in [0.3, 0.4) is 0 Å². The van der Waals surface area contributed by atoms with Gasteiger partial charge in [-0.15, -0.1) is 10.2 Å². The van der Waals surface area contributed by atoms with Crippen molar-refractivity contribution in [3.63, 3.8) is 0 Å². The Hall–Kier alpha value is -1.78. The van der Waals surface area contributed by atoms with E-state index in [4.69, 9.17) is 5.14 Å². The van der Waals surface area contributed by atoms with Gasteiger partial charge in [0.15, 0.2) is 0 Å². The van der Waals surface area contributed by atoms with Gasteiger partial charge in [-0.05, 0) is 53.4 Å². The first-order valence-corrected chi connectivity index (χ1v) is 11.2. The average molecular weight is 454 g/mol. The number of halogens is 1. The summed E-state index contributed by atoms with van der Waals surface area (Å²) in [5.74, 6) is 1.91. The number of nitrogens with zero attached hydrogens (tertiary/aromatic N) is 4. The van der Waals surface area contributed by atoms with Crippen molar-refractivity contribution in [3.8, 4) is 0 Å². The number of hydrogen-bond acceptors (Lipinski definition) is 5. The van der Waals surface area contributed by atoms with Crippen molar-refractivity contribution in [1.29, 1.82) is 0 Å². The molecule has 0 saturated carbocycles. The maximum absolute atomic E-state index is 13.1. The van der Waals surface area contributed by atoms with Gasteiger partial charge in [-0.2, -0.15) is 0 Å². The van der Waals surface area contributed by atoms with Crippen LogP contribution in [-0.4, -0.2) is 47.1 Å². The molecule has 1 aromatic carbocycles. The smallest absolute Gasteiger partial charge is 0.255 e. The van der Waals surface area contributed by atoms with E-state index in [1.165, 1.54) is 12.1 Å². The SMILES string of the molecule is NS(=O)(=O)c1ccc(Br)c(C(=O)N2CCC[C@@H](c3nnc4n3CCC4)C2)c1. The molecule has 0 unspecified atom stereocenters. The third-order valence-electron chi connectivity index (χ3n) is 5.21. The van der Waals surface area contributed by atoms with Gasteiger partial charge < -0.3 is 9.47 Å². The van der Waals surface area contributed by atoms with E-state index in [2.05, 4.69) is 30.7 Å². The number of amides is 1. The summed E-state index contributed by atoms with van der Waals surface area (Å²) >= 11 is 3.35. The fourth-order valence-corrected chi connectivity index (χ4v) is 4.82. The Morgan fingerprint density at radius 2 is 2.04 bits per heavy atom. The van der Waals surface area contributed by atoms with Gasteiger partial charge in [0.25, 0.3) is 5.91 Å². The van der Waals surface area contributed by atoms with E-state index in [9.17, 15) is 13.2 Å². The number of hydrogen-bond donors (Lipinski definition) is 1. The second kappa shape index (κ2) is 6.99. The highest BCUT2D eigenvalue weighted by Crippen LogP contribution is 2.30. The summed E-state index contributed by atoms with van der Waals surface area (Å²) in [7, 11) is -3.87. The molecule has 0 bridgehead atoms. The molecule has 4 rings (SSSR count). The largest absolute Gasteiger partial charge is 0.338 e. The highest BCUT2D eigenvalue weighted by molar-refractivity contribution is 9.10. The van der Waals surface area contributed by atoms with Gasteiger partial charge in [0.05, 0.1) is 10.5 Å². The minimum atomic E-state index is -3.87. The molecule has 144 valence electrons. The highest BCUT2D eigenvalue weighted by atomic mass is 79.9. The molecular formula is C17H20BrN5O3S. The molecule has 2 N–H and O–H groups in total. The third kappa shape index (κ3) is 3.53. The number of benzene rings is 1. The topological polar surface area (TPSA) is 111 Å². The molecule has 10 heteroatoms. The van der Waals surface area contributed by atoms with Crippen LogP contribution in [0.4, 0.5) is 0 Å². The van der Waals surface area contributed by atoms with E-state index in [0.29, 0.717) is 23.1 Å². The molecule has 2 aromatic rings. The number of sulfonamides is 1. The zero-order valence-corrected chi connectivity index (χ0v) is 17.0. The van der Waals surface area contributed by atoms with Gasteiger partial charge in [-0.25, -0.2) is 13.6 Å². The Kier molecular flexibility index (Phi) is 4.81. The molecule has 27 heavy (non-hydrogen) atoms. The lowest BCUT2D eigenvalue weighted by Crippen LogP contribution is -2.40. The van der Waals surface area contributed by atoms with Crippen LogP contribution in [0.25, 0.3) is 0 Å². The molecule has 2 aliphatic heterocycles. The number of carbonyl (C=O) groups excluding carboxylic acids is 1. The van der Waals surface area contributed by atoms with Crippen molar-refractivity contribution in [3.05, 3.63) is 39.9 Å². The lowest BCUT2D eigenvalue weighted by molar-refractivity contribution is 0.0702. The number of piperidine rings is 1. The van der Waals surface area contributed by atoms with Crippen LogP contribution in [0.2, 0.25) is 0 Å². The Morgan fingerprint density at radius 3 is 2.81 bits per heavy atom. The Bertz CT molecular complexity index is 1000. The quantitative estimate of drug-likeness (QED) is 0.758. The van der Waals surface area contributed by atoms with Crippen molar-refractivity contribution < 1.29 is 13.2 Å². The van der Waals surface area contributed by atoms with E-state index in [0.717, 1.165) is 43.9 Å². The van der Waals surface area contributed by atoms with Gasteiger partial charge >= 0.3 is 0 Å². The number of aryl methyl sites for hydroxylation is 1. The normalized spacial score (nSPS) is 19.9. The second-order valence-corrected chi connectivity index (χ2v) is 9.42. The van der Waals surface area contributed by atoms with Gasteiger partial charge in [0.2, 0.25) is 10.0 Å². The maximum Gasteiger partial charge on any atom is 0.255 e.